The van der Waals surface area contributed by atoms with Gasteiger partial charge in [0.05, 0.1) is 0 Å². The van der Waals surface area contributed by atoms with Gasteiger partial charge in [0.1, 0.15) is 0 Å². The summed E-state index contributed by atoms with van der Waals surface area (Å²) >= 11 is 0. The minimum absolute atomic E-state index is 0.0345. The van der Waals surface area contributed by atoms with Crippen molar-refractivity contribution in [1.82, 2.24) is 4.90 Å². The number of hydrogen-bond donors (Lipinski definition) is 1. The second-order valence-electron chi connectivity index (χ2n) is 14.5. The zero-order valence-corrected chi connectivity index (χ0v) is 31.3. The minimum Gasteiger partial charge on any atom is -0.369 e. The first-order chi connectivity index (χ1) is 22.0. The standard InChI is InChI=1S/C42H82N2O/c1-5-7-9-11-13-15-17-19-21-23-25-27-29-31-33-35-37-40(39-44(3)4)41(42(43)45)38-36-34-32-30-28-26-24-22-20-18-16-14-12-10-8-6-2/h19-22,40-41H,5-18,23-39H2,1-4H3,(H2,43,45). The Bertz CT molecular complexity index is 655. The van der Waals surface area contributed by atoms with Gasteiger partial charge in [-0.1, -0.05) is 167 Å². The molecule has 0 bridgehead atoms. The molecule has 2 unspecified atom stereocenters. The van der Waals surface area contributed by atoms with Gasteiger partial charge in [-0.3, -0.25) is 4.79 Å². The first-order valence-corrected chi connectivity index (χ1v) is 20.3. The van der Waals surface area contributed by atoms with Crippen LogP contribution in [0.5, 0.6) is 0 Å². The van der Waals surface area contributed by atoms with Crippen molar-refractivity contribution in [2.75, 3.05) is 20.6 Å². The third-order valence-electron chi connectivity index (χ3n) is 9.65. The van der Waals surface area contributed by atoms with Crippen molar-refractivity contribution in [1.29, 1.82) is 0 Å². The van der Waals surface area contributed by atoms with Gasteiger partial charge < -0.3 is 10.6 Å². The average Bonchev–Trinajstić information content (AvgIpc) is 3.01. The lowest BCUT2D eigenvalue weighted by atomic mass is 9.83. The van der Waals surface area contributed by atoms with Gasteiger partial charge in [0.15, 0.2) is 0 Å². The molecule has 3 heteroatoms. The lowest BCUT2D eigenvalue weighted by molar-refractivity contribution is -0.124. The number of unbranched alkanes of at least 4 members (excludes halogenated alkanes) is 24. The molecule has 0 aliphatic carbocycles. The van der Waals surface area contributed by atoms with Crippen LogP contribution in [0.2, 0.25) is 0 Å². The zero-order chi connectivity index (χ0) is 33.1. The van der Waals surface area contributed by atoms with E-state index in [0.717, 1.165) is 25.8 Å². The SMILES string of the molecule is CCCCCCCCC=CCCCCCCCCC(CN(C)C)C(CCCCCCCCC=CCCCCCCCC)C(N)=O. The molecule has 3 nitrogen and oxygen atoms in total. The summed E-state index contributed by atoms with van der Waals surface area (Å²) in [6.45, 7) is 5.55. The molecule has 0 radical (unpaired) electrons. The average molecular weight is 631 g/mol. The number of carbonyl (C=O) groups is 1. The Hall–Kier alpha value is -1.09. The Morgan fingerprint density at radius 3 is 1.13 bits per heavy atom. The predicted molar refractivity (Wildman–Crippen MR) is 203 cm³/mol. The Kier molecular flexibility index (Phi) is 34.9. The molecule has 0 aromatic rings. The van der Waals surface area contributed by atoms with Gasteiger partial charge in [-0.05, 0) is 84.2 Å². The number of allylic oxidation sites excluding steroid dienone is 4. The molecule has 0 aliphatic heterocycles. The van der Waals surface area contributed by atoms with Gasteiger partial charge in [0.2, 0.25) is 5.91 Å². The highest BCUT2D eigenvalue weighted by atomic mass is 16.1. The summed E-state index contributed by atoms with van der Waals surface area (Å²) in [5, 5.41) is 0. The molecule has 0 aromatic heterocycles. The fourth-order valence-corrected chi connectivity index (χ4v) is 6.76. The number of nitrogens with two attached hydrogens (primary N) is 1. The van der Waals surface area contributed by atoms with E-state index in [9.17, 15) is 4.79 Å². The third kappa shape index (κ3) is 32.6. The van der Waals surface area contributed by atoms with Crippen molar-refractivity contribution in [3.8, 4) is 0 Å². The van der Waals surface area contributed by atoms with E-state index in [-0.39, 0.29) is 11.8 Å². The topological polar surface area (TPSA) is 46.3 Å². The minimum atomic E-state index is -0.0702. The highest BCUT2D eigenvalue weighted by molar-refractivity contribution is 5.76. The second kappa shape index (κ2) is 35.8. The Labute approximate surface area is 284 Å². The summed E-state index contributed by atoms with van der Waals surface area (Å²) in [6.07, 6.45) is 48.9. The predicted octanol–water partition coefficient (Wildman–Crippen LogP) is 13.1. The van der Waals surface area contributed by atoms with E-state index in [1.807, 2.05) is 0 Å². The van der Waals surface area contributed by atoms with Crippen molar-refractivity contribution < 1.29 is 4.79 Å². The molecule has 2 atom stereocenters. The van der Waals surface area contributed by atoms with Crippen LogP contribution in [-0.2, 0) is 4.79 Å². The quantitative estimate of drug-likeness (QED) is 0.0553. The monoisotopic (exact) mass is 631 g/mol. The lowest BCUT2D eigenvalue weighted by Gasteiger charge is -2.27. The zero-order valence-electron chi connectivity index (χ0n) is 31.3. The third-order valence-corrected chi connectivity index (χ3v) is 9.65. The number of carbonyl (C=O) groups excluding carboxylic acids is 1. The van der Waals surface area contributed by atoms with E-state index in [1.54, 1.807) is 0 Å². The maximum absolute atomic E-state index is 12.5. The number of amides is 1. The van der Waals surface area contributed by atoms with Gasteiger partial charge in [-0.25, -0.2) is 0 Å². The molecule has 0 heterocycles. The molecule has 0 rings (SSSR count). The van der Waals surface area contributed by atoms with Gasteiger partial charge in [-0.15, -0.1) is 0 Å². The van der Waals surface area contributed by atoms with Crippen molar-refractivity contribution in [3.05, 3.63) is 24.3 Å². The van der Waals surface area contributed by atoms with E-state index in [1.165, 1.54) is 173 Å². The van der Waals surface area contributed by atoms with Crippen LogP contribution in [0.3, 0.4) is 0 Å². The van der Waals surface area contributed by atoms with Crippen molar-refractivity contribution >= 4 is 5.91 Å². The smallest absolute Gasteiger partial charge is 0.220 e. The maximum atomic E-state index is 12.5. The van der Waals surface area contributed by atoms with E-state index in [0.29, 0.717) is 5.92 Å². The van der Waals surface area contributed by atoms with Crippen LogP contribution >= 0.6 is 0 Å². The number of hydrogen-bond acceptors (Lipinski definition) is 2. The molecule has 2 N–H and O–H groups in total. The van der Waals surface area contributed by atoms with Crippen LogP contribution in [0.4, 0.5) is 0 Å². The van der Waals surface area contributed by atoms with E-state index < -0.39 is 0 Å². The lowest BCUT2D eigenvalue weighted by Crippen LogP contribution is -2.35. The van der Waals surface area contributed by atoms with Crippen LogP contribution < -0.4 is 5.73 Å². The van der Waals surface area contributed by atoms with Crippen LogP contribution in [0.15, 0.2) is 24.3 Å². The summed E-state index contributed by atoms with van der Waals surface area (Å²) in [6, 6.07) is 0. The molecule has 266 valence electrons. The van der Waals surface area contributed by atoms with Crippen molar-refractivity contribution in [2.45, 2.75) is 206 Å². The Morgan fingerprint density at radius 1 is 0.489 bits per heavy atom. The van der Waals surface area contributed by atoms with Gasteiger partial charge in [0, 0.05) is 12.5 Å². The van der Waals surface area contributed by atoms with Crippen LogP contribution in [0.1, 0.15) is 206 Å². The van der Waals surface area contributed by atoms with Gasteiger partial charge >= 0.3 is 0 Å². The fourth-order valence-electron chi connectivity index (χ4n) is 6.76. The summed E-state index contributed by atoms with van der Waals surface area (Å²) in [5.74, 6) is 0.365. The molecule has 0 fully saturated rings. The van der Waals surface area contributed by atoms with Crippen LogP contribution in [0.25, 0.3) is 0 Å². The normalized spacial score (nSPS) is 13.4. The summed E-state index contributed by atoms with van der Waals surface area (Å²) in [4.78, 5) is 14.7. The molecular formula is C42H82N2O. The molecule has 1 amide bonds. The molecule has 0 spiro atoms. The highest BCUT2D eigenvalue weighted by Crippen LogP contribution is 2.26. The highest BCUT2D eigenvalue weighted by Gasteiger charge is 2.26. The number of primary amides is 1. The first-order valence-electron chi connectivity index (χ1n) is 20.3. The molecule has 0 aliphatic rings. The first kappa shape index (κ1) is 43.9. The largest absolute Gasteiger partial charge is 0.369 e. The summed E-state index contributed by atoms with van der Waals surface area (Å²) in [5.41, 5.74) is 5.97. The Balaban J connectivity index is 3.93. The number of nitrogens with zero attached hydrogens (tertiary/aromatic N) is 1. The van der Waals surface area contributed by atoms with E-state index in [4.69, 9.17) is 5.73 Å². The number of rotatable bonds is 36. The Morgan fingerprint density at radius 2 is 0.800 bits per heavy atom. The summed E-state index contributed by atoms with van der Waals surface area (Å²) in [7, 11) is 4.27. The summed E-state index contributed by atoms with van der Waals surface area (Å²) < 4.78 is 0. The molecular weight excluding hydrogens is 548 g/mol. The van der Waals surface area contributed by atoms with Gasteiger partial charge in [0.25, 0.3) is 0 Å². The van der Waals surface area contributed by atoms with Crippen LogP contribution in [0, 0.1) is 11.8 Å². The van der Waals surface area contributed by atoms with E-state index in [2.05, 4.69) is 57.1 Å². The maximum Gasteiger partial charge on any atom is 0.220 e. The van der Waals surface area contributed by atoms with Crippen molar-refractivity contribution in [3.63, 3.8) is 0 Å². The van der Waals surface area contributed by atoms with Gasteiger partial charge in [-0.2, -0.15) is 0 Å². The molecule has 0 aromatic carbocycles. The van der Waals surface area contributed by atoms with E-state index >= 15 is 0 Å². The molecule has 0 saturated carbocycles. The second-order valence-corrected chi connectivity index (χ2v) is 14.5. The fraction of sp³-hybridized carbons (Fsp3) is 0.881. The molecule has 45 heavy (non-hydrogen) atoms. The molecule has 0 saturated heterocycles. The van der Waals surface area contributed by atoms with Crippen molar-refractivity contribution in [2.24, 2.45) is 17.6 Å². The van der Waals surface area contributed by atoms with Crippen LogP contribution in [-0.4, -0.2) is 31.4 Å².